The number of carbonyl (C=O) groups excluding carboxylic acids is 1. The molecule has 40 valence electrons. The van der Waals surface area contributed by atoms with Crippen LogP contribution in [0.25, 0.3) is 0 Å². The first kappa shape index (κ1) is 6.80. The summed E-state index contributed by atoms with van der Waals surface area (Å²) in [4.78, 5) is 10.3. The average Bonchev–Trinajstić information content (AvgIpc) is 1.68. The largest absolute Gasteiger partial charge is 0.463 e. The van der Waals surface area contributed by atoms with Gasteiger partial charge in [0.1, 0.15) is 10.5 Å². The lowest BCUT2D eigenvalue weighted by atomic mass is 10.7. The number of allylic oxidation sites excluding steroid dienone is 1. The quantitative estimate of drug-likeness (QED) is 0.330. The fraction of sp³-hybridized carbons (Fsp3) is 0. The first-order valence-electron chi connectivity index (χ1n) is 1.95. The molecule has 0 N–H and O–H groups in total. The van der Waals surface area contributed by atoms with Gasteiger partial charge in [-0.3, -0.25) is 4.79 Å². The van der Waals surface area contributed by atoms with Gasteiger partial charge in [-0.1, -0.05) is 6.58 Å². The summed E-state index contributed by atoms with van der Waals surface area (Å²) in [6, 6.07) is 0. The van der Waals surface area contributed by atoms with Gasteiger partial charge in [0.15, 0.2) is 5.41 Å². The third-order valence-corrected chi connectivity index (χ3v) is 2.24. The number of hydrogen-bond donors (Lipinski definition) is 0. The summed E-state index contributed by atoms with van der Waals surface area (Å²) < 4.78 is 4.75. The van der Waals surface area contributed by atoms with Crippen LogP contribution in [0.3, 0.4) is 0 Å². The van der Waals surface area contributed by atoms with Crippen LogP contribution in [-0.4, -0.2) is 25.7 Å². The molecule has 0 aliphatic rings. The highest BCUT2D eigenvalue weighted by atomic mass is 28.3. The van der Waals surface area contributed by atoms with Crippen molar-refractivity contribution in [3.8, 4) is 0 Å². The molecule has 0 spiro atoms. The summed E-state index contributed by atoms with van der Waals surface area (Å²) >= 11 is 0. The van der Waals surface area contributed by atoms with E-state index in [1.54, 1.807) is 0 Å². The molecule has 0 rings (SSSR count). The second-order valence-electron chi connectivity index (χ2n) is 1.10. The summed E-state index contributed by atoms with van der Waals surface area (Å²) in [6.07, 6.45) is 1.32. The molecule has 0 aromatic heterocycles. The molecule has 0 fully saturated rings. The minimum Gasteiger partial charge on any atom is -0.463 e. The third-order valence-electron chi connectivity index (χ3n) is 0.514. The highest BCUT2D eigenvalue weighted by Gasteiger charge is 1.89. The SMILES string of the molecule is C=CC(=O)[SiH2]O[SiH3]. The van der Waals surface area contributed by atoms with Gasteiger partial charge >= 0.3 is 0 Å². The van der Waals surface area contributed by atoms with Gasteiger partial charge in [0, 0.05) is 0 Å². The van der Waals surface area contributed by atoms with Gasteiger partial charge in [-0.05, 0) is 6.08 Å². The molecule has 0 saturated heterocycles. The molecule has 0 amide bonds. The molecule has 0 heterocycles. The van der Waals surface area contributed by atoms with E-state index in [2.05, 4.69) is 6.58 Å². The standard InChI is InChI=1S/C3H8O2Si2/c1-2-3(4)7-5-6/h2H,1,7H2,6H3. The minimum atomic E-state index is -0.849. The second kappa shape index (κ2) is 3.98. The van der Waals surface area contributed by atoms with Gasteiger partial charge < -0.3 is 4.12 Å². The predicted molar refractivity (Wildman–Crippen MR) is 34.8 cm³/mol. The van der Waals surface area contributed by atoms with Crippen LogP contribution in [0, 0.1) is 0 Å². The van der Waals surface area contributed by atoms with Crippen LogP contribution in [0.15, 0.2) is 12.7 Å². The number of rotatable bonds is 3. The van der Waals surface area contributed by atoms with E-state index >= 15 is 0 Å². The van der Waals surface area contributed by atoms with Crippen molar-refractivity contribution in [2.24, 2.45) is 0 Å². The molecule has 2 nitrogen and oxygen atoms in total. The topological polar surface area (TPSA) is 26.3 Å². The van der Waals surface area contributed by atoms with Gasteiger partial charge in [0.2, 0.25) is 9.76 Å². The van der Waals surface area contributed by atoms with Crippen LogP contribution in [0.4, 0.5) is 0 Å². The first-order chi connectivity index (χ1) is 3.31. The zero-order chi connectivity index (χ0) is 5.70. The van der Waals surface area contributed by atoms with E-state index in [1.807, 2.05) is 0 Å². The molecule has 4 heteroatoms. The molecule has 0 atom stereocenters. The maximum Gasteiger partial charge on any atom is 0.227 e. The third kappa shape index (κ3) is 3.64. The van der Waals surface area contributed by atoms with Crippen molar-refractivity contribution in [2.75, 3.05) is 0 Å². The van der Waals surface area contributed by atoms with Crippen LogP contribution in [0.2, 0.25) is 0 Å². The Morgan fingerprint density at radius 1 is 2.00 bits per heavy atom. The summed E-state index contributed by atoms with van der Waals surface area (Å²) in [5.41, 5.74) is 0. The van der Waals surface area contributed by atoms with E-state index < -0.39 is 9.76 Å². The van der Waals surface area contributed by atoms with Crippen LogP contribution in [0.1, 0.15) is 0 Å². The molecule has 0 unspecified atom stereocenters. The summed E-state index contributed by atoms with van der Waals surface area (Å²) in [6.45, 7) is 3.30. The van der Waals surface area contributed by atoms with Crippen molar-refractivity contribution in [2.45, 2.75) is 0 Å². The Kier molecular flexibility index (Phi) is 3.86. The molecule has 0 aliphatic carbocycles. The highest BCUT2D eigenvalue weighted by Crippen LogP contribution is 1.66. The lowest BCUT2D eigenvalue weighted by molar-refractivity contribution is -0.108. The van der Waals surface area contributed by atoms with Crippen molar-refractivity contribution in [3.63, 3.8) is 0 Å². The molecule has 7 heavy (non-hydrogen) atoms. The van der Waals surface area contributed by atoms with Gasteiger partial charge in [0.25, 0.3) is 0 Å². The molecule has 0 saturated carbocycles. The van der Waals surface area contributed by atoms with E-state index in [0.29, 0.717) is 10.5 Å². The zero-order valence-electron chi connectivity index (χ0n) is 4.31. The predicted octanol–water partition coefficient (Wildman–Crippen LogP) is -1.92. The Morgan fingerprint density at radius 2 is 2.57 bits per heavy atom. The zero-order valence-corrected chi connectivity index (χ0v) is 7.72. The lowest BCUT2D eigenvalue weighted by Crippen LogP contribution is -2.07. The highest BCUT2D eigenvalue weighted by molar-refractivity contribution is 6.73. The molecule has 0 radical (unpaired) electrons. The Hall–Kier alpha value is -0.196. The monoisotopic (exact) mass is 132 g/mol. The van der Waals surface area contributed by atoms with Crippen LogP contribution >= 0.6 is 0 Å². The van der Waals surface area contributed by atoms with E-state index in [-0.39, 0.29) is 5.41 Å². The number of hydrogen-bond acceptors (Lipinski definition) is 2. The van der Waals surface area contributed by atoms with Crippen molar-refractivity contribution in [1.82, 2.24) is 0 Å². The molecular formula is C3H8O2Si2. The maximum absolute atomic E-state index is 10.3. The van der Waals surface area contributed by atoms with E-state index in [1.165, 1.54) is 6.08 Å². The van der Waals surface area contributed by atoms with Crippen molar-refractivity contribution >= 4 is 25.7 Å². The van der Waals surface area contributed by atoms with Gasteiger partial charge in [0.05, 0.1) is 0 Å². The van der Waals surface area contributed by atoms with Gasteiger partial charge in [-0.15, -0.1) is 0 Å². The van der Waals surface area contributed by atoms with Gasteiger partial charge in [-0.2, -0.15) is 0 Å². The Labute approximate surface area is 48.0 Å². The minimum absolute atomic E-state index is 0.0926. The summed E-state index contributed by atoms with van der Waals surface area (Å²) in [5, 5.41) is 0.0926. The number of carbonyl (C=O) groups is 1. The Balaban J connectivity index is 3.17. The second-order valence-corrected chi connectivity index (χ2v) is 4.40. The van der Waals surface area contributed by atoms with Crippen molar-refractivity contribution in [3.05, 3.63) is 12.7 Å². The van der Waals surface area contributed by atoms with Crippen LogP contribution in [0.5, 0.6) is 0 Å². The smallest absolute Gasteiger partial charge is 0.227 e. The molecule has 0 aromatic carbocycles. The van der Waals surface area contributed by atoms with E-state index in [4.69, 9.17) is 4.12 Å². The van der Waals surface area contributed by atoms with Crippen LogP contribution < -0.4 is 0 Å². The fourth-order valence-corrected chi connectivity index (χ4v) is 1.46. The average molecular weight is 132 g/mol. The van der Waals surface area contributed by atoms with Crippen molar-refractivity contribution in [1.29, 1.82) is 0 Å². The Bertz CT molecular complexity index is 81.0. The maximum atomic E-state index is 10.3. The van der Waals surface area contributed by atoms with E-state index in [9.17, 15) is 4.79 Å². The van der Waals surface area contributed by atoms with Crippen LogP contribution in [-0.2, 0) is 8.91 Å². The Morgan fingerprint density at radius 3 is 2.71 bits per heavy atom. The first-order valence-corrected chi connectivity index (χ1v) is 4.05. The molecule has 0 aliphatic heterocycles. The van der Waals surface area contributed by atoms with Crippen molar-refractivity contribution < 1.29 is 8.91 Å². The molecular weight excluding hydrogens is 124 g/mol. The molecule has 0 aromatic rings. The summed E-state index contributed by atoms with van der Waals surface area (Å²) in [5.74, 6) is 0. The summed E-state index contributed by atoms with van der Waals surface area (Å²) in [7, 11) is -0.165. The van der Waals surface area contributed by atoms with E-state index in [0.717, 1.165) is 0 Å². The lowest BCUT2D eigenvalue weighted by Gasteiger charge is -1.86. The fourth-order valence-electron chi connectivity index (χ4n) is 0.201. The van der Waals surface area contributed by atoms with Gasteiger partial charge in [-0.25, -0.2) is 0 Å². The normalized spacial score (nSPS) is 10.3. The molecule has 0 bridgehead atoms.